The lowest BCUT2D eigenvalue weighted by molar-refractivity contribution is 0.739. The molecule has 1 aliphatic rings. The Balaban J connectivity index is 1.99. The molecule has 0 amide bonds. The number of nitrogens with one attached hydrogen (secondary N) is 2. The van der Waals surface area contributed by atoms with Gasteiger partial charge in [-0.1, -0.05) is 54.6 Å². The Kier molecular flexibility index (Phi) is 3.09. The van der Waals surface area contributed by atoms with Crippen molar-refractivity contribution in [2.24, 2.45) is 0 Å². The molecule has 21 heavy (non-hydrogen) atoms. The maximum atomic E-state index is 3.62. The third-order valence-electron chi connectivity index (χ3n) is 4.15. The molecule has 104 valence electrons. The number of aromatic amines is 1. The molecule has 0 unspecified atom stereocenters. The molecule has 1 aromatic heterocycles. The Morgan fingerprint density at radius 3 is 2.48 bits per heavy atom. The number of rotatable bonds is 2. The predicted octanol–water partition coefficient (Wildman–Crippen LogP) is 4.21. The fourth-order valence-corrected chi connectivity index (χ4v) is 3.15. The molecule has 0 saturated heterocycles. The third-order valence-corrected chi connectivity index (χ3v) is 4.15. The number of H-pyrrole nitrogens is 1. The molecule has 2 heterocycles. The van der Waals surface area contributed by atoms with Crippen molar-refractivity contribution in [3.63, 3.8) is 0 Å². The van der Waals surface area contributed by atoms with Crippen LogP contribution in [0.2, 0.25) is 0 Å². The largest absolute Gasteiger partial charge is 0.354 e. The smallest absolute Gasteiger partial charge is 0.0541 e. The molecule has 2 N–H and O–H groups in total. The monoisotopic (exact) mass is 274 g/mol. The van der Waals surface area contributed by atoms with Crippen molar-refractivity contribution in [3.05, 3.63) is 66.2 Å². The number of para-hydroxylation sites is 1. The first kappa shape index (κ1) is 12.4. The minimum Gasteiger partial charge on any atom is -0.354 e. The van der Waals surface area contributed by atoms with Crippen molar-refractivity contribution in [1.82, 2.24) is 10.3 Å². The molecule has 0 bridgehead atoms. The minimum atomic E-state index is 0.961. The summed E-state index contributed by atoms with van der Waals surface area (Å²) >= 11 is 0. The van der Waals surface area contributed by atoms with Gasteiger partial charge in [-0.05, 0) is 30.2 Å². The second-order valence-corrected chi connectivity index (χ2v) is 5.47. The Hall–Kier alpha value is -2.32. The third kappa shape index (κ3) is 2.18. The summed E-state index contributed by atoms with van der Waals surface area (Å²) in [6.45, 7) is 2.02. The first-order valence-corrected chi connectivity index (χ1v) is 7.50. The van der Waals surface area contributed by atoms with Crippen molar-refractivity contribution in [3.8, 4) is 11.3 Å². The minimum absolute atomic E-state index is 0.961. The molecule has 2 aromatic carbocycles. The highest BCUT2D eigenvalue weighted by molar-refractivity contribution is 6.00. The molecule has 2 heteroatoms. The second kappa shape index (κ2) is 5.23. The highest BCUT2D eigenvalue weighted by Gasteiger charge is 2.17. The van der Waals surface area contributed by atoms with Crippen LogP contribution in [0.1, 0.15) is 12.0 Å². The van der Waals surface area contributed by atoms with Gasteiger partial charge in [-0.2, -0.15) is 0 Å². The van der Waals surface area contributed by atoms with Crippen LogP contribution in [0.4, 0.5) is 0 Å². The summed E-state index contributed by atoms with van der Waals surface area (Å²) in [5.41, 5.74) is 6.53. The van der Waals surface area contributed by atoms with Crippen LogP contribution >= 0.6 is 0 Å². The van der Waals surface area contributed by atoms with E-state index in [9.17, 15) is 0 Å². The molecule has 0 radical (unpaired) electrons. The van der Waals surface area contributed by atoms with Crippen LogP contribution in [-0.2, 0) is 0 Å². The number of aromatic nitrogens is 1. The van der Waals surface area contributed by atoms with Crippen molar-refractivity contribution in [1.29, 1.82) is 0 Å². The topological polar surface area (TPSA) is 27.8 Å². The zero-order chi connectivity index (χ0) is 14.1. The highest BCUT2D eigenvalue weighted by atomic mass is 14.9. The fraction of sp³-hybridized carbons (Fsp3) is 0.158. The Morgan fingerprint density at radius 2 is 1.67 bits per heavy atom. The van der Waals surface area contributed by atoms with Crippen LogP contribution in [0, 0.1) is 0 Å². The van der Waals surface area contributed by atoms with Crippen LogP contribution < -0.4 is 5.32 Å². The van der Waals surface area contributed by atoms with Gasteiger partial charge in [0.15, 0.2) is 0 Å². The normalized spacial score (nSPS) is 15.1. The average molecular weight is 274 g/mol. The second-order valence-electron chi connectivity index (χ2n) is 5.47. The summed E-state index contributed by atoms with van der Waals surface area (Å²) in [6.07, 6.45) is 3.41. The van der Waals surface area contributed by atoms with E-state index in [1.54, 1.807) is 0 Å². The molecule has 0 aliphatic carbocycles. The summed E-state index contributed by atoms with van der Waals surface area (Å²) in [5, 5.41) is 4.72. The summed E-state index contributed by atoms with van der Waals surface area (Å²) in [7, 11) is 0. The zero-order valence-corrected chi connectivity index (χ0v) is 11.9. The van der Waals surface area contributed by atoms with E-state index >= 15 is 0 Å². The Labute approximate surface area is 124 Å². The van der Waals surface area contributed by atoms with Gasteiger partial charge in [-0.25, -0.2) is 0 Å². The van der Waals surface area contributed by atoms with E-state index < -0.39 is 0 Å². The molecule has 0 atom stereocenters. The molecule has 2 nitrogen and oxygen atoms in total. The number of benzene rings is 2. The predicted molar refractivity (Wildman–Crippen MR) is 89.2 cm³/mol. The number of hydrogen-bond donors (Lipinski definition) is 2. The van der Waals surface area contributed by atoms with Gasteiger partial charge in [0.25, 0.3) is 0 Å². The molecular formula is C19H18N2. The average Bonchev–Trinajstić information content (AvgIpc) is 2.96. The molecular weight excluding hydrogens is 256 g/mol. The lowest BCUT2D eigenvalue weighted by Gasteiger charge is -2.15. The van der Waals surface area contributed by atoms with E-state index in [4.69, 9.17) is 0 Å². The lowest BCUT2D eigenvalue weighted by atomic mass is 9.94. The van der Waals surface area contributed by atoms with E-state index in [0.717, 1.165) is 19.5 Å². The van der Waals surface area contributed by atoms with Gasteiger partial charge in [0.2, 0.25) is 0 Å². The van der Waals surface area contributed by atoms with Crippen LogP contribution in [0.15, 0.2) is 60.7 Å². The molecule has 4 rings (SSSR count). The van der Waals surface area contributed by atoms with Gasteiger partial charge >= 0.3 is 0 Å². The van der Waals surface area contributed by atoms with Gasteiger partial charge in [-0.15, -0.1) is 0 Å². The molecule has 0 saturated carbocycles. The first-order valence-electron chi connectivity index (χ1n) is 7.50. The van der Waals surface area contributed by atoms with Gasteiger partial charge in [0, 0.05) is 23.0 Å². The fourth-order valence-electron chi connectivity index (χ4n) is 3.15. The zero-order valence-electron chi connectivity index (χ0n) is 11.9. The SMILES string of the molecule is C1=C(c2c(-c3ccccc3)[nH]c3ccccc23)CCNC1. The molecule has 3 aromatic rings. The van der Waals surface area contributed by atoms with Gasteiger partial charge in [-0.3, -0.25) is 0 Å². The maximum Gasteiger partial charge on any atom is 0.0541 e. The molecule has 1 aliphatic heterocycles. The van der Waals surface area contributed by atoms with Crippen LogP contribution in [0.3, 0.4) is 0 Å². The Morgan fingerprint density at radius 1 is 0.857 bits per heavy atom. The summed E-state index contributed by atoms with van der Waals surface area (Å²) < 4.78 is 0. The molecule has 0 spiro atoms. The van der Waals surface area contributed by atoms with Gasteiger partial charge in [0.05, 0.1) is 5.69 Å². The quantitative estimate of drug-likeness (QED) is 0.719. The summed E-state index contributed by atoms with van der Waals surface area (Å²) in [6, 6.07) is 19.2. The highest BCUT2D eigenvalue weighted by Crippen LogP contribution is 2.36. The van der Waals surface area contributed by atoms with Crippen LogP contribution in [0.25, 0.3) is 27.7 Å². The lowest BCUT2D eigenvalue weighted by Crippen LogP contribution is -2.20. The van der Waals surface area contributed by atoms with Crippen molar-refractivity contribution >= 4 is 16.5 Å². The van der Waals surface area contributed by atoms with Gasteiger partial charge < -0.3 is 10.3 Å². The maximum absolute atomic E-state index is 3.62. The van der Waals surface area contributed by atoms with E-state index in [1.807, 2.05) is 0 Å². The standard InChI is InChI=1S/C19H18N2/c1-2-6-15(7-3-1)19-18(14-10-12-20-13-11-14)16-8-4-5-9-17(16)21-19/h1-10,20-21H,11-13H2. The number of fused-ring (bicyclic) bond motifs is 1. The van der Waals surface area contributed by atoms with E-state index in [1.165, 1.54) is 33.3 Å². The summed E-state index contributed by atoms with van der Waals surface area (Å²) in [5.74, 6) is 0. The van der Waals surface area contributed by atoms with Crippen LogP contribution in [0.5, 0.6) is 0 Å². The first-order chi connectivity index (χ1) is 10.4. The van der Waals surface area contributed by atoms with Crippen molar-refractivity contribution < 1.29 is 0 Å². The van der Waals surface area contributed by atoms with Crippen molar-refractivity contribution in [2.45, 2.75) is 6.42 Å². The van der Waals surface area contributed by atoms with E-state index in [-0.39, 0.29) is 0 Å². The van der Waals surface area contributed by atoms with Gasteiger partial charge in [0.1, 0.15) is 0 Å². The number of hydrogen-bond acceptors (Lipinski definition) is 1. The van der Waals surface area contributed by atoms with Crippen LogP contribution in [-0.4, -0.2) is 18.1 Å². The Bertz CT molecular complexity index is 797. The van der Waals surface area contributed by atoms with E-state index in [2.05, 4.69) is 71.0 Å². The molecule has 0 fully saturated rings. The summed E-state index contributed by atoms with van der Waals surface area (Å²) in [4.78, 5) is 3.62. The van der Waals surface area contributed by atoms with Crippen molar-refractivity contribution in [2.75, 3.05) is 13.1 Å². The van der Waals surface area contributed by atoms with E-state index in [0.29, 0.717) is 0 Å².